The highest BCUT2D eigenvalue weighted by molar-refractivity contribution is 5.97. The van der Waals surface area contributed by atoms with Crippen LogP contribution in [0.5, 0.6) is 0 Å². The molecule has 6 heteroatoms. The van der Waals surface area contributed by atoms with Crippen LogP contribution in [0.4, 0.5) is 0 Å². The number of piperazine rings is 1. The van der Waals surface area contributed by atoms with E-state index in [1.54, 1.807) is 6.07 Å². The molecule has 2 heterocycles. The van der Waals surface area contributed by atoms with E-state index < -0.39 is 0 Å². The molecule has 1 aliphatic rings. The van der Waals surface area contributed by atoms with Crippen LogP contribution in [0, 0.1) is 6.92 Å². The summed E-state index contributed by atoms with van der Waals surface area (Å²) in [5.41, 5.74) is 1.73. The van der Waals surface area contributed by atoms with E-state index in [4.69, 9.17) is 0 Å². The van der Waals surface area contributed by atoms with Gasteiger partial charge in [-0.15, -0.1) is 0 Å². The van der Waals surface area contributed by atoms with Crippen molar-refractivity contribution >= 4 is 16.8 Å². The van der Waals surface area contributed by atoms with Crippen LogP contribution in [0.3, 0.4) is 0 Å². The number of para-hydroxylation sites is 1. The fourth-order valence-corrected chi connectivity index (χ4v) is 3.34. The average Bonchev–Trinajstić information content (AvgIpc) is 2.58. The fraction of sp³-hybridized carbons (Fsp3) is 0.474. The SMILES string of the molecule is Cc1cccc2c(=O)c(C(=O)NC(C)CN3CCN(C)CC3)c[nH]c12. The number of nitrogens with one attached hydrogen (secondary N) is 2. The second kappa shape index (κ2) is 7.37. The number of H-pyrrole nitrogens is 1. The normalized spacial score (nSPS) is 17.6. The van der Waals surface area contributed by atoms with Crippen molar-refractivity contribution in [1.82, 2.24) is 20.1 Å². The standard InChI is InChI=1S/C19H26N4O2/c1-13-5-4-6-15-17(13)20-11-16(18(15)24)19(25)21-14(2)12-23-9-7-22(3)8-10-23/h4-6,11,14H,7-10,12H2,1-3H3,(H,20,24)(H,21,25). The highest BCUT2D eigenvalue weighted by Gasteiger charge is 2.19. The van der Waals surface area contributed by atoms with Crippen molar-refractivity contribution in [2.45, 2.75) is 19.9 Å². The van der Waals surface area contributed by atoms with Gasteiger partial charge in [-0.2, -0.15) is 0 Å². The second-order valence-corrected chi connectivity index (χ2v) is 7.01. The zero-order chi connectivity index (χ0) is 18.0. The van der Waals surface area contributed by atoms with Crippen molar-refractivity contribution in [2.75, 3.05) is 39.8 Å². The van der Waals surface area contributed by atoms with Crippen LogP contribution < -0.4 is 10.7 Å². The monoisotopic (exact) mass is 342 g/mol. The highest BCUT2D eigenvalue weighted by Crippen LogP contribution is 2.12. The Morgan fingerprint density at radius 3 is 2.72 bits per heavy atom. The van der Waals surface area contributed by atoms with Crippen molar-refractivity contribution in [1.29, 1.82) is 0 Å². The molecule has 0 spiro atoms. The number of nitrogens with zero attached hydrogens (tertiary/aromatic N) is 2. The first-order valence-corrected chi connectivity index (χ1v) is 8.78. The quantitative estimate of drug-likeness (QED) is 0.876. The van der Waals surface area contributed by atoms with E-state index in [2.05, 4.69) is 27.1 Å². The van der Waals surface area contributed by atoms with E-state index in [9.17, 15) is 9.59 Å². The lowest BCUT2D eigenvalue weighted by molar-refractivity contribution is 0.0913. The van der Waals surface area contributed by atoms with Crippen molar-refractivity contribution in [2.24, 2.45) is 0 Å². The lowest BCUT2D eigenvalue weighted by Crippen LogP contribution is -2.50. The molecule has 1 aromatic carbocycles. The van der Waals surface area contributed by atoms with E-state index in [1.807, 2.05) is 26.0 Å². The molecule has 3 rings (SSSR count). The number of likely N-dealkylation sites (N-methyl/N-ethyl adjacent to an activating group) is 1. The predicted molar refractivity (Wildman–Crippen MR) is 100 cm³/mol. The Bertz CT molecular complexity index is 822. The van der Waals surface area contributed by atoms with E-state index in [0.29, 0.717) is 5.39 Å². The summed E-state index contributed by atoms with van der Waals surface area (Å²) in [6.07, 6.45) is 1.52. The molecular formula is C19H26N4O2. The molecule has 0 bridgehead atoms. The molecule has 0 aliphatic carbocycles. The van der Waals surface area contributed by atoms with Gasteiger partial charge in [0.05, 0.1) is 5.52 Å². The highest BCUT2D eigenvalue weighted by atomic mass is 16.2. The smallest absolute Gasteiger partial charge is 0.257 e. The van der Waals surface area contributed by atoms with Crippen LogP contribution >= 0.6 is 0 Å². The largest absolute Gasteiger partial charge is 0.360 e. The summed E-state index contributed by atoms with van der Waals surface area (Å²) in [6.45, 7) is 8.82. The number of aryl methyl sites for hydroxylation is 1. The first-order chi connectivity index (χ1) is 12.0. The van der Waals surface area contributed by atoms with Gasteiger partial charge in [0, 0.05) is 50.3 Å². The third-order valence-corrected chi connectivity index (χ3v) is 4.87. The van der Waals surface area contributed by atoms with Gasteiger partial charge in [0.1, 0.15) is 5.56 Å². The maximum atomic E-state index is 12.6. The van der Waals surface area contributed by atoms with Gasteiger partial charge in [-0.1, -0.05) is 12.1 Å². The first kappa shape index (κ1) is 17.6. The molecule has 1 fully saturated rings. The van der Waals surface area contributed by atoms with Crippen molar-refractivity contribution in [3.05, 3.63) is 45.7 Å². The molecule has 2 aromatic rings. The Balaban J connectivity index is 1.70. The molecule has 25 heavy (non-hydrogen) atoms. The number of benzene rings is 1. The molecular weight excluding hydrogens is 316 g/mol. The second-order valence-electron chi connectivity index (χ2n) is 7.01. The van der Waals surface area contributed by atoms with Crippen LogP contribution in [0.2, 0.25) is 0 Å². The Labute approximate surface area is 147 Å². The Morgan fingerprint density at radius 1 is 1.28 bits per heavy atom. The maximum absolute atomic E-state index is 12.6. The average molecular weight is 342 g/mol. The van der Waals surface area contributed by atoms with Gasteiger partial charge in [-0.3, -0.25) is 14.5 Å². The number of carbonyl (C=O) groups excluding carboxylic acids is 1. The molecule has 1 aliphatic heterocycles. The minimum atomic E-state index is -0.314. The number of amides is 1. The third-order valence-electron chi connectivity index (χ3n) is 4.87. The van der Waals surface area contributed by atoms with Crippen LogP contribution in [-0.2, 0) is 0 Å². The fourth-order valence-electron chi connectivity index (χ4n) is 3.34. The van der Waals surface area contributed by atoms with Crippen molar-refractivity contribution in [3.8, 4) is 0 Å². The molecule has 1 aromatic heterocycles. The summed E-state index contributed by atoms with van der Waals surface area (Å²) in [7, 11) is 2.12. The Kier molecular flexibility index (Phi) is 5.20. The minimum Gasteiger partial charge on any atom is -0.360 e. The van der Waals surface area contributed by atoms with Gasteiger partial charge < -0.3 is 15.2 Å². The predicted octanol–water partition coefficient (Wildman–Crippen LogP) is 1.20. The number of fused-ring (bicyclic) bond motifs is 1. The lowest BCUT2D eigenvalue weighted by Gasteiger charge is -2.34. The summed E-state index contributed by atoms with van der Waals surface area (Å²) < 4.78 is 0. The van der Waals surface area contributed by atoms with Gasteiger partial charge in [0.2, 0.25) is 5.43 Å². The summed E-state index contributed by atoms with van der Waals surface area (Å²) in [4.78, 5) is 32.9. The molecule has 0 radical (unpaired) electrons. The van der Waals surface area contributed by atoms with Gasteiger partial charge in [0.25, 0.3) is 5.91 Å². The molecule has 1 atom stereocenters. The first-order valence-electron chi connectivity index (χ1n) is 8.78. The molecule has 1 saturated heterocycles. The topological polar surface area (TPSA) is 68.4 Å². The van der Waals surface area contributed by atoms with Crippen molar-refractivity contribution < 1.29 is 4.79 Å². The number of aromatic amines is 1. The molecule has 1 unspecified atom stereocenters. The third kappa shape index (κ3) is 3.91. The van der Waals surface area contributed by atoms with Crippen LogP contribution in [0.1, 0.15) is 22.8 Å². The van der Waals surface area contributed by atoms with Crippen molar-refractivity contribution in [3.63, 3.8) is 0 Å². The summed E-state index contributed by atoms with van der Waals surface area (Å²) in [6, 6.07) is 5.52. The summed E-state index contributed by atoms with van der Waals surface area (Å²) in [5, 5.41) is 3.52. The molecule has 134 valence electrons. The zero-order valence-electron chi connectivity index (χ0n) is 15.1. The van der Waals surface area contributed by atoms with Crippen LogP contribution in [-0.4, -0.2) is 66.5 Å². The number of rotatable bonds is 4. The number of carbonyl (C=O) groups is 1. The Hall–Kier alpha value is -2.18. The molecule has 2 N–H and O–H groups in total. The number of pyridine rings is 1. The zero-order valence-corrected chi connectivity index (χ0v) is 15.1. The van der Waals surface area contributed by atoms with Gasteiger partial charge in [0.15, 0.2) is 0 Å². The summed E-state index contributed by atoms with van der Waals surface area (Å²) in [5.74, 6) is -0.314. The van der Waals surface area contributed by atoms with Crippen LogP contribution in [0.15, 0.2) is 29.2 Å². The van der Waals surface area contributed by atoms with Gasteiger partial charge >= 0.3 is 0 Å². The van der Waals surface area contributed by atoms with Gasteiger partial charge in [-0.25, -0.2) is 0 Å². The minimum absolute atomic E-state index is 0.0106. The lowest BCUT2D eigenvalue weighted by atomic mass is 10.1. The number of aromatic nitrogens is 1. The van der Waals surface area contributed by atoms with Gasteiger partial charge in [-0.05, 0) is 32.5 Å². The van der Waals surface area contributed by atoms with Crippen LogP contribution in [0.25, 0.3) is 10.9 Å². The molecule has 1 amide bonds. The number of hydrogen-bond donors (Lipinski definition) is 2. The Morgan fingerprint density at radius 2 is 2.00 bits per heavy atom. The van der Waals surface area contributed by atoms with E-state index in [0.717, 1.165) is 43.8 Å². The van der Waals surface area contributed by atoms with E-state index in [1.165, 1.54) is 6.20 Å². The molecule has 6 nitrogen and oxygen atoms in total. The maximum Gasteiger partial charge on any atom is 0.257 e. The van der Waals surface area contributed by atoms with E-state index >= 15 is 0 Å². The summed E-state index contributed by atoms with van der Waals surface area (Å²) >= 11 is 0. The number of hydrogen-bond acceptors (Lipinski definition) is 4. The molecule has 0 saturated carbocycles. The van der Waals surface area contributed by atoms with E-state index in [-0.39, 0.29) is 22.9 Å².